The van der Waals surface area contributed by atoms with E-state index in [0.717, 1.165) is 18.6 Å². The first-order valence-electron chi connectivity index (χ1n) is 9.52. The minimum Gasteiger partial charge on any atom is -0.494 e. The number of nitrogens with one attached hydrogen (secondary N) is 1. The molecule has 0 aliphatic carbocycles. The molecule has 4 heteroatoms. The molecule has 0 radical (unpaired) electrons. The maximum Gasteiger partial charge on any atom is 0.265 e. The molecule has 0 unspecified atom stereocenters. The van der Waals surface area contributed by atoms with E-state index in [-0.39, 0.29) is 0 Å². The van der Waals surface area contributed by atoms with E-state index in [1.807, 2.05) is 24.3 Å². The quantitative estimate of drug-likeness (QED) is 0.559. The second-order valence-electron chi connectivity index (χ2n) is 6.62. The molecule has 0 heterocycles. The Hall–Kier alpha value is -3.11. The fraction of sp³-hybridized carbons (Fsp3) is 0.208. The molecule has 0 aromatic heterocycles. The molecular formula is C24H25NO3. The van der Waals surface area contributed by atoms with Crippen LogP contribution in [0.4, 0.5) is 5.69 Å². The normalized spacial score (nSPS) is 11.1. The highest BCUT2D eigenvalue weighted by Gasteiger charge is 2.39. The molecule has 3 aromatic carbocycles. The summed E-state index contributed by atoms with van der Waals surface area (Å²) < 4.78 is 5.65. The number of hydrogen-bond donors (Lipinski definition) is 2. The van der Waals surface area contributed by atoms with E-state index in [4.69, 9.17) is 4.74 Å². The molecule has 0 spiro atoms. The lowest BCUT2D eigenvalue weighted by molar-refractivity contribution is -0.131. The van der Waals surface area contributed by atoms with Gasteiger partial charge in [0.1, 0.15) is 5.75 Å². The second-order valence-corrected chi connectivity index (χ2v) is 6.62. The summed E-state index contributed by atoms with van der Waals surface area (Å²) in [7, 11) is 0. The molecule has 0 saturated carbocycles. The summed E-state index contributed by atoms with van der Waals surface area (Å²) in [4.78, 5) is 13.1. The summed E-state index contributed by atoms with van der Waals surface area (Å²) >= 11 is 0. The molecule has 0 saturated heterocycles. The van der Waals surface area contributed by atoms with Crippen molar-refractivity contribution in [1.82, 2.24) is 0 Å². The molecule has 0 fully saturated rings. The first-order valence-corrected chi connectivity index (χ1v) is 9.52. The monoisotopic (exact) mass is 375 g/mol. The molecule has 0 aliphatic rings. The van der Waals surface area contributed by atoms with Crippen LogP contribution in [0.1, 0.15) is 30.9 Å². The van der Waals surface area contributed by atoms with Gasteiger partial charge in [-0.1, -0.05) is 74.0 Å². The fourth-order valence-corrected chi connectivity index (χ4v) is 2.98. The second kappa shape index (κ2) is 9.20. The maximum absolute atomic E-state index is 13.1. The van der Waals surface area contributed by atoms with Crippen molar-refractivity contribution in [2.24, 2.45) is 0 Å². The Labute approximate surface area is 165 Å². The summed E-state index contributed by atoms with van der Waals surface area (Å²) in [5.74, 6) is 0.248. The predicted octanol–water partition coefficient (Wildman–Crippen LogP) is 4.74. The third-order valence-electron chi connectivity index (χ3n) is 4.59. The van der Waals surface area contributed by atoms with Crippen molar-refractivity contribution in [3.05, 3.63) is 96.1 Å². The smallest absolute Gasteiger partial charge is 0.265 e. The zero-order chi connectivity index (χ0) is 19.8. The summed E-state index contributed by atoms with van der Waals surface area (Å²) in [6.45, 7) is 2.78. The lowest BCUT2D eigenvalue weighted by Crippen LogP contribution is -2.41. The fourth-order valence-electron chi connectivity index (χ4n) is 2.98. The van der Waals surface area contributed by atoms with Crippen molar-refractivity contribution >= 4 is 11.6 Å². The zero-order valence-corrected chi connectivity index (χ0v) is 16.0. The molecule has 4 nitrogen and oxygen atoms in total. The van der Waals surface area contributed by atoms with E-state index in [1.165, 1.54) is 0 Å². The van der Waals surface area contributed by atoms with Crippen LogP contribution in [0.3, 0.4) is 0 Å². The van der Waals surface area contributed by atoms with Gasteiger partial charge in [0.15, 0.2) is 5.60 Å². The molecule has 0 aliphatic heterocycles. The number of carbonyl (C=O) groups is 1. The summed E-state index contributed by atoms with van der Waals surface area (Å²) in [5, 5.41) is 14.3. The Morgan fingerprint density at radius 3 is 1.93 bits per heavy atom. The molecule has 0 atom stereocenters. The number of hydrogen-bond acceptors (Lipinski definition) is 3. The number of anilines is 1. The number of aliphatic hydroxyl groups is 1. The molecular weight excluding hydrogens is 350 g/mol. The van der Waals surface area contributed by atoms with Crippen molar-refractivity contribution in [3.8, 4) is 5.75 Å². The number of benzene rings is 3. The number of amides is 1. The topological polar surface area (TPSA) is 58.6 Å². The first kappa shape index (κ1) is 19.6. The zero-order valence-electron chi connectivity index (χ0n) is 16.0. The van der Waals surface area contributed by atoms with Crippen molar-refractivity contribution in [3.63, 3.8) is 0 Å². The van der Waals surface area contributed by atoms with Gasteiger partial charge in [-0.05, 0) is 41.8 Å². The summed E-state index contributed by atoms with van der Waals surface area (Å²) in [5.41, 5.74) is -0.173. The van der Waals surface area contributed by atoms with Gasteiger partial charge >= 0.3 is 0 Å². The van der Waals surface area contributed by atoms with Gasteiger partial charge in [0.05, 0.1) is 6.61 Å². The molecule has 3 rings (SSSR count). The van der Waals surface area contributed by atoms with Crippen LogP contribution in [-0.2, 0) is 10.4 Å². The molecule has 0 bridgehead atoms. The lowest BCUT2D eigenvalue weighted by atomic mass is 9.85. The van der Waals surface area contributed by atoms with Gasteiger partial charge in [-0.2, -0.15) is 0 Å². The minimum absolute atomic E-state index is 0.510. The van der Waals surface area contributed by atoms with E-state index in [0.29, 0.717) is 23.4 Å². The van der Waals surface area contributed by atoms with E-state index in [2.05, 4.69) is 12.2 Å². The average Bonchev–Trinajstić information content (AvgIpc) is 2.75. The molecule has 144 valence electrons. The van der Waals surface area contributed by atoms with Gasteiger partial charge in [0.25, 0.3) is 5.91 Å². The van der Waals surface area contributed by atoms with Crippen molar-refractivity contribution < 1.29 is 14.6 Å². The Kier molecular flexibility index (Phi) is 6.45. The Morgan fingerprint density at radius 1 is 0.893 bits per heavy atom. The molecule has 28 heavy (non-hydrogen) atoms. The van der Waals surface area contributed by atoms with Gasteiger partial charge in [-0.3, -0.25) is 4.79 Å². The van der Waals surface area contributed by atoms with Crippen LogP contribution in [0, 0.1) is 0 Å². The third-order valence-corrected chi connectivity index (χ3v) is 4.59. The molecule has 3 aromatic rings. The lowest BCUT2D eigenvalue weighted by Gasteiger charge is -2.28. The highest BCUT2D eigenvalue weighted by Crippen LogP contribution is 2.31. The van der Waals surface area contributed by atoms with Crippen LogP contribution in [-0.4, -0.2) is 17.6 Å². The summed E-state index contributed by atoms with van der Waals surface area (Å²) in [6, 6.07) is 25.1. The van der Waals surface area contributed by atoms with Gasteiger partial charge in [-0.25, -0.2) is 0 Å². The van der Waals surface area contributed by atoms with Crippen LogP contribution >= 0.6 is 0 Å². The van der Waals surface area contributed by atoms with E-state index < -0.39 is 11.5 Å². The third kappa shape index (κ3) is 4.41. The van der Waals surface area contributed by atoms with Crippen molar-refractivity contribution in [2.75, 3.05) is 11.9 Å². The maximum atomic E-state index is 13.1. The van der Waals surface area contributed by atoms with E-state index >= 15 is 0 Å². The van der Waals surface area contributed by atoms with Crippen LogP contribution in [0.5, 0.6) is 5.75 Å². The molecule has 1 amide bonds. The molecule has 2 N–H and O–H groups in total. The predicted molar refractivity (Wildman–Crippen MR) is 111 cm³/mol. The van der Waals surface area contributed by atoms with Crippen LogP contribution < -0.4 is 10.1 Å². The van der Waals surface area contributed by atoms with E-state index in [9.17, 15) is 9.90 Å². The highest BCUT2D eigenvalue weighted by atomic mass is 16.5. The SMILES string of the molecule is CCCCOc1ccc(NC(=O)C(O)(c2ccccc2)c2ccccc2)cc1. The Morgan fingerprint density at radius 2 is 1.43 bits per heavy atom. The van der Waals surface area contributed by atoms with E-state index in [1.54, 1.807) is 60.7 Å². The van der Waals surface area contributed by atoms with Crippen LogP contribution in [0.25, 0.3) is 0 Å². The van der Waals surface area contributed by atoms with Gasteiger partial charge in [0, 0.05) is 5.69 Å². The Balaban J connectivity index is 1.83. The van der Waals surface area contributed by atoms with Crippen molar-refractivity contribution in [1.29, 1.82) is 0 Å². The van der Waals surface area contributed by atoms with Crippen LogP contribution in [0.15, 0.2) is 84.9 Å². The number of unbranched alkanes of at least 4 members (excludes halogenated alkanes) is 1. The van der Waals surface area contributed by atoms with Gasteiger partial charge in [-0.15, -0.1) is 0 Å². The number of carbonyl (C=O) groups excluding carboxylic acids is 1. The number of rotatable bonds is 8. The number of ether oxygens (including phenoxy) is 1. The summed E-state index contributed by atoms with van der Waals surface area (Å²) in [6.07, 6.45) is 2.07. The largest absolute Gasteiger partial charge is 0.494 e. The highest BCUT2D eigenvalue weighted by molar-refractivity contribution is 6.00. The van der Waals surface area contributed by atoms with Crippen LogP contribution in [0.2, 0.25) is 0 Å². The minimum atomic E-state index is -1.79. The first-order chi connectivity index (χ1) is 13.6. The average molecular weight is 375 g/mol. The Bertz CT molecular complexity index is 837. The van der Waals surface area contributed by atoms with Gasteiger partial charge < -0.3 is 15.2 Å². The van der Waals surface area contributed by atoms with Gasteiger partial charge in [0.2, 0.25) is 0 Å². The standard InChI is InChI=1S/C24H25NO3/c1-2-3-18-28-22-16-14-21(15-17-22)25-23(26)24(27,19-10-6-4-7-11-19)20-12-8-5-9-13-20/h4-17,27H,2-3,18H2,1H3,(H,25,26). The van der Waals surface area contributed by atoms with Crippen molar-refractivity contribution in [2.45, 2.75) is 25.4 Å².